The SMILES string of the molecule is COC(=O)[C@H]1CCCN(C(=O)c2cccc(OC)c2)C1. The molecule has 0 bridgehead atoms. The lowest BCUT2D eigenvalue weighted by Crippen LogP contribution is -2.42. The van der Waals surface area contributed by atoms with Gasteiger partial charge in [0.05, 0.1) is 20.1 Å². The van der Waals surface area contributed by atoms with Crippen LogP contribution in [0.25, 0.3) is 0 Å². The smallest absolute Gasteiger partial charge is 0.310 e. The van der Waals surface area contributed by atoms with E-state index in [9.17, 15) is 9.59 Å². The van der Waals surface area contributed by atoms with Gasteiger partial charge in [-0.1, -0.05) is 6.07 Å². The average Bonchev–Trinajstić information content (AvgIpc) is 2.53. The molecule has 1 aliphatic heterocycles. The van der Waals surface area contributed by atoms with E-state index in [0.29, 0.717) is 24.4 Å². The third-order valence-corrected chi connectivity index (χ3v) is 3.56. The number of methoxy groups -OCH3 is 2. The van der Waals surface area contributed by atoms with E-state index in [0.717, 1.165) is 12.8 Å². The Morgan fingerprint density at radius 2 is 2.10 bits per heavy atom. The van der Waals surface area contributed by atoms with E-state index in [1.165, 1.54) is 7.11 Å². The van der Waals surface area contributed by atoms with Crippen molar-refractivity contribution in [3.8, 4) is 5.75 Å². The number of benzene rings is 1. The minimum absolute atomic E-state index is 0.0718. The zero-order valence-electron chi connectivity index (χ0n) is 11.8. The number of carbonyl (C=O) groups excluding carboxylic acids is 2. The van der Waals surface area contributed by atoms with Gasteiger partial charge >= 0.3 is 5.97 Å². The van der Waals surface area contributed by atoms with E-state index in [1.54, 1.807) is 36.3 Å². The van der Waals surface area contributed by atoms with Gasteiger partial charge in [0.2, 0.25) is 0 Å². The second kappa shape index (κ2) is 6.41. The molecule has 1 amide bonds. The Bertz CT molecular complexity index is 500. The van der Waals surface area contributed by atoms with Crippen molar-refractivity contribution in [1.29, 1.82) is 0 Å². The number of nitrogens with zero attached hydrogens (tertiary/aromatic N) is 1. The monoisotopic (exact) mass is 277 g/mol. The molecule has 0 N–H and O–H groups in total. The number of likely N-dealkylation sites (tertiary alicyclic amines) is 1. The Labute approximate surface area is 118 Å². The second-order valence-electron chi connectivity index (χ2n) is 4.85. The molecule has 1 aliphatic rings. The van der Waals surface area contributed by atoms with E-state index in [-0.39, 0.29) is 17.8 Å². The molecular weight excluding hydrogens is 258 g/mol. The topological polar surface area (TPSA) is 55.8 Å². The summed E-state index contributed by atoms with van der Waals surface area (Å²) in [5.41, 5.74) is 0.579. The number of hydrogen-bond acceptors (Lipinski definition) is 4. The molecule has 0 aliphatic carbocycles. The Balaban J connectivity index is 2.10. The highest BCUT2D eigenvalue weighted by Crippen LogP contribution is 2.21. The number of esters is 1. The fraction of sp³-hybridized carbons (Fsp3) is 0.467. The molecule has 1 fully saturated rings. The van der Waals surface area contributed by atoms with Crippen molar-refractivity contribution in [2.24, 2.45) is 5.92 Å². The average molecular weight is 277 g/mol. The molecule has 1 saturated heterocycles. The first kappa shape index (κ1) is 14.4. The van der Waals surface area contributed by atoms with E-state index in [1.807, 2.05) is 0 Å². The van der Waals surface area contributed by atoms with Crippen molar-refractivity contribution in [3.63, 3.8) is 0 Å². The predicted molar refractivity (Wildman–Crippen MR) is 73.6 cm³/mol. The zero-order valence-corrected chi connectivity index (χ0v) is 11.8. The van der Waals surface area contributed by atoms with Crippen molar-refractivity contribution in [3.05, 3.63) is 29.8 Å². The highest BCUT2D eigenvalue weighted by molar-refractivity contribution is 5.95. The van der Waals surface area contributed by atoms with Gasteiger partial charge in [-0.15, -0.1) is 0 Å². The number of rotatable bonds is 3. The number of carbonyl (C=O) groups is 2. The largest absolute Gasteiger partial charge is 0.497 e. The molecule has 1 atom stereocenters. The summed E-state index contributed by atoms with van der Waals surface area (Å²) in [6, 6.07) is 7.05. The van der Waals surface area contributed by atoms with Gasteiger partial charge in [0.15, 0.2) is 0 Å². The van der Waals surface area contributed by atoms with Gasteiger partial charge in [-0.3, -0.25) is 9.59 Å². The Morgan fingerprint density at radius 1 is 1.30 bits per heavy atom. The first-order chi connectivity index (χ1) is 9.65. The molecule has 0 aromatic heterocycles. The van der Waals surface area contributed by atoms with Crippen molar-refractivity contribution >= 4 is 11.9 Å². The van der Waals surface area contributed by atoms with E-state index in [4.69, 9.17) is 9.47 Å². The molecule has 0 saturated carbocycles. The molecule has 1 heterocycles. The summed E-state index contributed by atoms with van der Waals surface area (Å²) in [4.78, 5) is 25.7. The first-order valence-electron chi connectivity index (χ1n) is 6.67. The van der Waals surface area contributed by atoms with Crippen LogP contribution in [-0.2, 0) is 9.53 Å². The third-order valence-electron chi connectivity index (χ3n) is 3.56. The lowest BCUT2D eigenvalue weighted by molar-refractivity contribution is -0.146. The van der Waals surface area contributed by atoms with Crippen molar-refractivity contribution < 1.29 is 19.1 Å². The van der Waals surface area contributed by atoms with Crippen LogP contribution in [0.3, 0.4) is 0 Å². The maximum Gasteiger partial charge on any atom is 0.310 e. The van der Waals surface area contributed by atoms with Crippen molar-refractivity contribution in [1.82, 2.24) is 4.90 Å². The van der Waals surface area contributed by atoms with Gasteiger partial charge in [-0.2, -0.15) is 0 Å². The van der Waals surface area contributed by atoms with Gasteiger partial charge in [0.25, 0.3) is 5.91 Å². The molecule has 5 heteroatoms. The Hall–Kier alpha value is -2.04. The van der Waals surface area contributed by atoms with Crippen LogP contribution < -0.4 is 4.74 Å². The van der Waals surface area contributed by atoms with E-state index >= 15 is 0 Å². The molecule has 108 valence electrons. The molecular formula is C15H19NO4. The Morgan fingerprint density at radius 3 is 2.80 bits per heavy atom. The maximum atomic E-state index is 12.4. The van der Waals surface area contributed by atoms with Gasteiger partial charge in [-0.25, -0.2) is 0 Å². The lowest BCUT2D eigenvalue weighted by atomic mass is 9.97. The summed E-state index contributed by atoms with van der Waals surface area (Å²) in [5, 5.41) is 0. The summed E-state index contributed by atoms with van der Waals surface area (Å²) in [7, 11) is 2.95. The van der Waals surface area contributed by atoms with Crippen LogP contribution >= 0.6 is 0 Å². The molecule has 0 radical (unpaired) electrons. The summed E-state index contributed by atoms with van der Waals surface area (Å²) < 4.78 is 9.89. The number of piperidine rings is 1. The molecule has 0 spiro atoms. The normalized spacial score (nSPS) is 18.5. The Kier molecular flexibility index (Phi) is 4.61. The fourth-order valence-corrected chi connectivity index (χ4v) is 2.46. The molecule has 1 aromatic carbocycles. The van der Waals surface area contributed by atoms with Crippen molar-refractivity contribution in [2.45, 2.75) is 12.8 Å². The van der Waals surface area contributed by atoms with Crippen molar-refractivity contribution in [2.75, 3.05) is 27.3 Å². The summed E-state index contributed by atoms with van der Waals surface area (Å²) in [6.07, 6.45) is 1.59. The van der Waals surface area contributed by atoms with Crippen LogP contribution in [0.15, 0.2) is 24.3 Å². The lowest BCUT2D eigenvalue weighted by Gasteiger charge is -2.31. The second-order valence-corrected chi connectivity index (χ2v) is 4.85. The first-order valence-corrected chi connectivity index (χ1v) is 6.67. The van der Waals surface area contributed by atoms with Crippen LogP contribution in [0.1, 0.15) is 23.2 Å². The predicted octanol–water partition coefficient (Wildman–Crippen LogP) is 1.72. The quantitative estimate of drug-likeness (QED) is 0.789. The molecule has 2 rings (SSSR count). The highest BCUT2D eigenvalue weighted by atomic mass is 16.5. The number of ether oxygens (including phenoxy) is 2. The fourth-order valence-electron chi connectivity index (χ4n) is 2.46. The van der Waals surface area contributed by atoms with E-state index in [2.05, 4.69) is 0 Å². The van der Waals surface area contributed by atoms with Crippen LogP contribution in [0.2, 0.25) is 0 Å². The summed E-state index contributed by atoms with van der Waals surface area (Å²) in [5.74, 6) is 0.117. The summed E-state index contributed by atoms with van der Waals surface area (Å²) >= 11 is 0. The molecule has 20 heavy (non-hydrogen) atoms. The van der Waals surface area contributed by atoms with E-state index < -0.39 is 0 Å². The standard InChI is InChI=1S/C15H19NO4/c1-19-13-7-3-5-11(9-13)14(17)16-8-4-6-12(10-16)15(18)20-2/h3,5,7,9,12H,4,6,8,10H2,1-2H3/t12-/m0/s1. The van der Waals surface area contributed by atoms with Crippen LogP contribution in [0, 0.1) is 5.92 Å². The highest BCUT2D eigenvalue weighted by Gasteiger charge is 2.29. The minimum Gasteiger partial charge on any atom is -0.497 e. The zero-order chi connectivity index (χ0) is 14.5. The number of amides is 1. The van der Waals surface area contributed by atoms with Gasteiger partial charge < -0.3 is 14.4 Å². The van der Waals surface area contributed by atoms with Crippen LogP contribution in [0.4, 0.5) is 0 Å². The molecule has 0 unspecified atom stereocenters. The number of hydrogen-bond donors (Lipinski definition) is 0. The third kappa shape index (κ3) is 3.10. The van der Waals surface area contributed by atoms with Crippen LogP contribution in [0.5, 0.6) is 5.75 Å². The minimum atomic E-state index is -0.242. The van der Waals surface area contributed by atoms with Gasteiger partial charge in [0, 0.05) is 18.7 Å². The summed E-state index contributed by atoms with van der Waals surface area (Å²) in [6.45, 7) is 1.09. The van der Waals surface area contributed by atoms with Gasteiger partial charge in [0.1, 0.15) is 5.75 Å². The van der Waals surface area contributed by atoms with Crippen LogP contribution in [-0.4, -0.2) is 44.1 Å². The van der Waals surface area contributed by atoms with Gasteiger partial charge in [-0.05, 0) is 31.0 Å². The molecule has 5 nitrogen and oxygen atoms in total. The maximum absolute atomic E-state index is 12.4. The molecule has 1 aromatic rings.